The number of hydrogen-bond acceptors (Lipinski definition) is 2. The Morgan fingerprint density at radius 2 is 2.00 bits per heavy atom. The van der Waals surface area contributed by atoms with Crippen LogP contribution < -0.4 is 5.32 Å². The summed E-state index contributed by atoms with van der Waals surface area (Å²) in [5.74, 6) is 0. The van der Waals surface area contributed by atoms with Crippen LogP contribution in [0.3, 0.4) is 0 Å². The molecule has 0 aromatic rings. The van der Waals surface area contributed by atoms with Crippen LogP contribution in [0.1, 0.15) is 40.0 Å². The molecular weight excluding hydrogens is 192 g/mol. The molecule has 2 N–H and O–H groups in total. The Bertz CT molecular complexity index is 235. The summed E-state index contributed by atoms with van der Waals surface area (Å²) in [6, 6.07) is 0.638. The molecule has 1 saturated carbocycles. The number of nitrogens with zero attached hydrogens (tertiary/aromatic N) is 1. The predicted octanol–water partition coefficient (Wildman–Crippen LogP) is 1.91. The van der Waals surface area contributed by atoms with E-state index in [0.29, 0.717) is 6.04 Å². The molecule has 0 saturated heterocycles. The van der Waals surface area contributed by atoms with Crippen LogP contribution in [0.2, 0.25) is 0 Å². The number of carboxylic acid groups (broad SMARTS) is 1. The highest BCUT2D eigenvalue weighted by molar-refractivity contribution is 5.66. The first-order chi connectivity index (χ1) is 6.86. The standard InChI is InChI=1S/C11H22N2O2/c1-11(2,3)13(10(14)15)9-6-5-8(7-9)12-4/h8-9,12H,5-7H2,1-4H3,(H,14,15)/t8-,9+/m1/s1. The fourth-order valence-electron chi connectivity index (χ4n) is 2.45. The van der Waals surface area contributed by atoms with Crippen LogP contribution in [0.15, 0.2) is 0 Å². The van der Waals surface area contributed by atoms with Gasteiger partial charge in [-0.05, 0) is 47.1 Å². The molecule has 1 aliphatic rings. The van der Waals surface area contributed by atoms with Crippen LogP contribution in [-0.2, 0) is 0 Å². The highest BCUT2D eigenvalue weighted by Gasteiger charge is 2.37. The van der Waals surface area contributed by atoms with Crippen LogP contribution >= 0.6 is 0 Å². The first kappa shape index (κ1) is 12.3. The summed E-state index contributed by atoms with van der Waals surface area (Å²) in [7, 11) is 1.94. The molecule has 0 aliphatic heterocycles. The minimum Gasteiger partial charge on any atom is -0.465 e. The van der Waals surface area contributed by atoms with Crippen LogP contribution in [0.25, 0.3) is 0 Å². The lowest BCUT2D eigenvalue weighted by molar-refractivity contribution is 0.0713. The minimum absolute atomic E-state index is 0.167. The molecule has 1 fully saturated rings. The van der Waals surface area contributed by atoms with E-state index in [0.717, 1.165) is 19.3 Å². The van der Waals surface area contributed by atoms with Crippen molar-refractivity contribution in [3.8, 4) is 0 Å². The molecule has 0 unspecified atom stereocenters. The van der Waals surface area contributed by atoms with E-state index in [4.69, 9.17) is 0 Å². The van der Waals surface area contributed by atoms with Gasteiger partial charge < -0.3 is 15.3 Å². The second-order valence-electron chi connectivity index (χ2n) is 5.28. The topological polar surface area (TPSA) is 52.6 Å². The van der Waals surface area contributed by atoms with Gasteiger partial charge in [0.2, 0.25) is 0 Å². The van der Waals surface area contributed by atoms with Gasteiger partial charge >= 0.3 is 6.09 Å². The zero-order valence-electron chi connectivity index (χ0n) is 10.1. The molecule has 4 nitrogen and oxygen atoms in total. The van der Waals surface area contributed by atoms with Crippen molar-refractivity contribution in [3.63, 3.8) is 0 Å². The molecule has 0 aromatic heterocycles. The average Bonchev–Trinajstić information content (AvgIpc) is 2.49. The fraction of sp³-hybridized carbons (Fsp3) is 0.909. The lowest BCUT2D eigenvalue weighted by Gasteiger charge is -2.38. The van der Waals surface area contributed by atoms with Crippen molar-refractivity contribution >= 4 is 6.09 Å². The lowest BCUT2D eigenvalue weighted by Crippen LogP contribution is -2.50. The molecule has 1 rings (SSSR count). The van der Waals surface area contributed by atoms with Gasteiger partial charge in [0.05, 0.1) is 0 Å². The van der Waals surface area contributed by atoms with Crippen LogP contribution in [0, 0.1) is 0 Å². The van der Waals surface area contributed by atoms with Gasteiger partial charge in [0.1, 0.15) is 0 Å². The third-order valence-corrected chi connectivity index (χ3v) is 3.11. The van der Waals surface area contributed by atoms with Gasteiger partial charge in [-0.25, -0.2) is 4.79 Å². The van der Waals surface area contributed by atoms with E-state index in [9.17, 15) is 9.90 Å². The Labute approximate surface area is 91.6 Å². The Morgan fingerprint density at radius 3 is 2.33 bits per heavy atom. The van der Waals surface area contributed by atoms with Crippen molar-refractivity contribution in [1.29, 1.82) is 0 Å². The van der Waals surface area contributed by atoms with Crippen LogP contribution in [0.4, 0.5) is 4.79 Å². The third-order valence-electron chi connectivity index (χ3n) is 3.11. The van der Waals surface area contributed by atoms with Crippen molar-refractivity contribution in [2.24, 2.45) is 0 Å². The summed E-state index contributed by atoms with van der Waals surface area (Å²) in [6.45, 7) is 5.86. The van der Waals surface area contributed by atoms with Crippen molar-refractivity contribution in [2.75, 3.05) is 7.05 Å². The zero-order chi connectivity index (χ0) is 11.6. The van der Waals surface area contributed by atoms with Crippen LogP contribution in [-0.4, -0.2) is 40.8 Å². The van der Waals surface area contributed by atoms with Crippen LogP contribution in [0.5, 0.6) is 0 Å². The Morgan fingerprint density at radius 1 is 1.40 bits per heavy atom. The van der Waals surface area contributed by atoms with E-state index in [-0.39, 0.29) is 11.6 Å². The van der Waals surface area contributed by atoms with Crippen molar-refractivity contribution in [2.45, 2.75) is 57.7 Å². The average molecular weight is 214 g/mol. The van der Waals surface area contributed by atoms with Gasteiger partial charge in [0.25, 0.3) is 0 Å². The molecular formula is C11H22N2O2. The second kappa shape index (κ2) is 4.39. The maximum absolute atomic E-state index is 11.2. The molecule has 1 amide bonds. The van der Waals surface area contributed by atoms with Crippen molar-refractivity contribution in [3.05, 3.63) is 0 Å². The monoisotopic (exact) mass is 214 g/mol. The highest BCUT2D eigenvalue weighted by atomic mass is 16.4. The van der Waals surface area contributed by atoms with E-state index < -0.39 is 6.09 Å². The molecule has 4 heteroatoms. The molecule has 15 heavy (non-hydrogen) atoms. The quantitative estimate of drug-likeness (QED) is 0.738. The SMILES string of the molecule is CN[C@@H]1CC[C@H](N(C(=O)O)C(C)(C)C)C1. The highest BCUT2D eigenvalue weighted by Crippen LogP contribution is 2.29. The molecule has 1 aliphatic carbocycles. The number of carbonyl (C=O) groups is 1. The first-order valence-electron chi connectivity index (χ1n) is 5.55. The minimum atomic E-state index is -0.802. The third kappa shape index (κ3) is 2.84. The summed E-state index contributed by atoms with van der Waals surface area (Å²) in [5, 5.41) is 12.5. The summed E-state index contributed by atoms with van der Waals surface area (Å²) in [6.07, 6.45) is 2.17. The molecule has 0 bridgehead atoms. The summed E-state index contributed by atoms with van der Waals surface area (Å²) >= 11 is 0. The summed E-state index contributed by atoms with van der Waals surface area (Å²) in [4.78, 5) is 12.8. The van der Waals surface area contributed by atoms with Gasteiger partial charge in [-0.15, -0.1) is 0 Å². The molecule has 2 atom stereocenters. The van der Waals surface area contributed by atoms with E-state index in [1.165, 1.54) is 0 Å². The fourth-order valence-corrected chi connectivity index (χ4v) is 2.45. The number of hydrogen-bond donors (Lipinski definition) is 2. The molecule has 0 aromatic carbocycles. The van der Waals surface area contributed by atoms with Gasteiger partial charge in [-0.3, -0.25) is 0 Å². The second-order valence-corrected chi connectivity index (χ2v) is 5.28. The van der Waals surface area contributed by atoms with Crippen molar-refractivity contribution in [1.82, 2.24) is 10.2 Å². The van der Waals surface area contributed by atoms with Gasteiger partial charge in [-0.1, -0.05) is 0 Å². The lowest BCUT2D eigenvalue weighted by atomic mass is 10.0. The maximum atomic E-state index is 11.2. The van der Waals surface area contributed by atoms with Gasteiger partial charge in [-0.2, -0.15) is 0 Å². The molecule has 0 spiro atoms. The van der Waals surface area contributed by atoms with E-state index in [1.807, 2.05) is 27.8 Å². The maximum Gasteiger partial charge on any atom is 0.407 e. The number of rotatable bonds is 2. The van der Waals surface area contributed by atoms with Crippen molar-refractivity contribution < 1.29 is 9.90 Å². The van der Waals surface area contributed by atoms with Gasteiger partial charge in [0.15, 0.2) is 0 Å². The summed E-state index contributed by atoms with van der Waals surface area (Å²) < 4.78 is 0. The molecule has 0 heterocycles. The Balaban J connectivity index is 2.71. The normalized spacial score (nSPS) is 26.7. The number of amides is 1. The molecule has 88 valence electrons. The van der Waals surface area contributed by atoms with Gasteiger partial charge in [0, 0.05) is 17.6 Å². The predicted molar refractivity (Wildman–Crippen MR) is 60.1 cm³/mol. The molecule has 0 radical (unpaired) electrons. The van der Waals surface area contributed by atoms with E-state index in [1.54, 1.807) is 4.90 Å². The first-order valence-corrected chi connectivity index (χ1v) is 5.55. The van der Waals surface area contributed by atoms with E-state index >= 15 is 0 Å². The summed E-state index contributed by atoms with van der Waals surface area (Å²) in [5.41, 5.74) is -0.306. The largest absolute Gasteiger partial charge is 0.465 e. The number of nitrogens with one attached hydrogen (secondary N) is 1. The smallest absolute Gasteiger partial charge is 0.407 e. The Hall–Kier alpha value is -0.770. The zero-order valence-corrected chi connectivity index (χ0v) is 10.1. The van der Waals surface area contributed by atoms with E-state index in [2.05, 4.69) is 5.32 Å². The Kier molecular flexibility index (Phi) is 3.60.